The van der Waals surface area contributed by atoms with Gasteiger partial charge in [-0.05, 0) is 15.9 Å². The third kappa shape index (κ3) is 2.28. The van der Waals surface area contributed by atoms with Crippen molar-refractivity contribution in [3.05, 3.63) is 21.9 Å². The first kappa shape index (κ1) is 9.67. The molecule has 1 heterocycles. The van der Waals surface area contributed by atoms with E-state index in [2.05, 4.69) is 25.7 Å². The first-order chi connectivity index (χ1) is 5.61. The fourth-order valence-corrected chi connectivity index (χ4v) is 1.34. The number of aromatic nitrogens is 1. The lowest BCUT2D eigenvalue weighted by Crippen LogP contribution is -2.03. The molecule has 0 spiro atoms. The van der Waals surface area contributed by atoms with E-state index in [9.17, 15) is 8.78 Å². The van der Waals surface area contributed by atoms with Gasteiger partial charge in [0.1, 0.15) is 5.02 Å². The fourth-order valence-electron chi connectivity index (χ4n) is 0.601. The lowest BCUT2D eigenvalue weighted by Gasteiger charge is -2.06. The van der Waals surface area contributed by atoms with Crippen LogP contribution in [0.3, 0.4) is 0 Å². The monoisotopic (exact) mass is 257 g/mol. The summed E-state index contributed by atoms with van der Waals surface area (Å²) in [5.74, 6) is -0.0957. The second-order valence-electron chi connectivity index (χ2n) is 1.81. The zero-order valence-electron chi connectivity index (χ0n) is 5.60. The summed E-state index contributed by atoms with van der Waals surface area (Å²) < 4.78 is 27.9. The molecular weight excluding hydrogens is 255 g/mol. The zero-order valence-corrected chi connectivity index (χ0v) is 7.94. The Bertz CT molecular complexity index is 264. The van der Waals surface area contributed by atoms with Crippen molar-refractivity contribution in [2.24, 2.45) is 0 Å². The predicted molar refractivity (Wildman–Crippen MR) is 43.6 cm³/mol. The van der Waals surface area contributed by atoms with Crippen LogP contribution in [0, 0.1) is 0 Å². The number of nitrogens with zero attached hydrogens (tertiary/aromatic N) is 1. The average Bonchev–Trinajstić information content (AvgIpc) is 1.97. The molecule has 1 rings (SSSR count). The molecule has 1 aromatic rings. The average molecular weight is 258 g/mol. The summed E-state index contributed by atoms with van der Waals surface area (Å²) in [5, 5.41) is 0.0460. The molecule has 0 bridgehead atoms. The Balaban J connectivity index is 2.96. The van der Waals surface area contributed by atoms with Gasteiger partial charge in [0.25, 0.3) is 0 Å². The first-order valence-electron chi connectivity index (χ1n) is 2.85. The highest BCUT2D eigenvalue weighted by Gasteiger charge is 2.11. The maximum atomic E-state index is 11.8. The third-order valence-corrected chi connectivity index (χ3v) is 1.85. The van der Waals surface area contributed by atoms with E-state index in [0.717, 1.165) is 0 Å². The van der Waals surface area contributed by atoms with Crippen LogP contribution in [0.4, 0.5) is 8.78 Å². The minimum atomic E-state index is -2.89. The van der Waals surface area contributed by atoms with Crippen LogP contribution in [-0.4, -0.2) is 11.6 Å². The largest absolute Gasteiger partial charge is 0.432 e. The van der Waals surface area contributed by atoms with Gasteiger partial charge in [0.05, 0.1) is 4.47 Å². The normalized spacial score (nSPS) is 10.4. The Hall–Kier alpha value is -0.420. The maximum Gasteiger partial charge on any atom is 0.387 e. The van der Waals surface area contributed by atoms with Crippen molar-refractivity contribution >= 4 is 27.5 Å². The van der Waals surface area contributed by atoms with E-state index in [0.29, 0.717) is 4.47 Å². The molecule has 0 amide bonds. The number of alkyl halides is 2. The summed E-state index contributed by atoms with van der Waals surface area (Å²) in [6.07, 6.45) is 2.55. The minimum absolute atomic E-state index is 0.0460. The molecule has 2 nitrogen and oxygen atoms in total. The lowest BCUT2D eigenvalue weighted by atomic mass is 10.4. The lowest BCUT2D eigenvalue weighted by molar-refractivity contribution is -0.0503. The van der Waals surface area contributed by atoms with E-state index in [4.69, 9.17) is 11.6 Å². The Labute approximate surface area is 80.6 Å². The Morgan fingerprint density at radius 3 is 2.67 bits per heavy atom. The number of rotatable bonds is 2. The van der Waals surface area contributed by atoms with Gasteiger partial charge < -0.3 is 4.74 Å². The Morgan fingerprint density at radius 1 is 1.50 bits per heavy atom. The molecule has 0 aliphatic heterocycles. The van der Waals surface area contributed by atoms with E-state index < -0.39 is 6.61 Å². The van der Waals surface area contributed by atoms with Crippen LogP contribution in [-0.2, 0) is 0 Å². The molecule has 12 heavy (non-hydrogen) atoms. The smallest absolute Gasteiger partial charge is 0.387 e. The molecule has 1 aromatic heterocycles. The third-order valence-electron chi connectivity index (χ3n) is 1.02. The van der Waals surface area contributed by atoms with Crippen molar-refractivity contribution in [2.75, 3.05) is 0 Å². The molecule has 0 fully saturated rings. The van der Waals surface area contributed by atoms with Gasteiger partial charge in [0.2, 0.25) is 0 Å². The van der Waals surface area contributed by atoms with E-state index in [1.807, 2.05) is 0 Å². The van der Waals surface area contributed by atoms with Gasteiger partial charge in [0, 0.05) is 12.4 Å². The topological polar surface area (TPSA) is 22.1 Å². The molecule has 0 aliphatic carbocycles. The Kier molecular flexibility index (Phi) is 3.22. The van der Waals surface area contributed by atoms with Crippen molar-refractivity contribution in [2.45, 2.75) is 6.61 Å². The van der Waals surface area contributed by atoms with Gasteiger partial charge in [-0.1, -0.05) is 11.6 Å². The molecule has 0 saturated carbocycles. The number of hydrogen-bond donors (Lipinski definition) is 0. The molecule has 0 aromatic carbocycles. The van der Waals surface area contributed by atoms with E-state index in [1.54, 1.807) is 0 Å². The van der Waals surface area contributed by atoms with Gasteiger partial charge in [-0.15, -0.1) is 0 Å². The molecular formula is C6H3BrClF2NO. The molecule has 0 saturated heterocycles. The second-order valence-corrected chi connectivity index (χ2v) is 3.07. The first-order valence-corrected chi connectivity index (χ1v) is 4.02. The van der Waals surface area contributed by atoms with Gasteiger partial charge in [0.15, 0.2) is 5.75 Å². The van der Waals surface area contributed by atoms with Crippen LogP contribution in [0.25, 0.3) is 0 Å². The summed E-state index contributed by atoms with van der Waals surface area (Å²) in [5.41, 5.74) is 0. The fraction of sp³-hybridized carbons (Fsp3) is 0.167. The van der Waals surface area contributed by atoms with Crippen molar-refractivity contribution in [1.82, 2.24) is 4.98 Å². The maximum absolute atomic E-state index is 11.8. The molecule has 0 aliphatic rings. The summed E-state index contributed by atoms with van der Waals surface area (Å²) in [4.78, 5) is 3.65. The molecule has 66 valence electrons. The van der Waals surface area contributed by atoms with Gasteiger partial charge >= 0.3 is 6.61 Å². The second kappa shape index (κ2) is 4.00. The summed E-state index contributed by atoms with van der Waals surface area (Å²) in [6, 6.07) is 0. The predicted octanol–water partition coefficient (Wildman–Crippen LogP) is 3.10. The number of pyridine rings is 1. The highest BCUT2D eigenvalue weighted by atomic mass is 79.9. The van der Waals surface area contributed by atoms with Crippen LogP contribution in [0.5, 0.6) is 5.75 Å². The highest BCUT2D eigenvalue weighted by Crippen LogP contribution is 2.32. The Morgan fingerprint density at radius 2 is 2.17 bits per heavy atom. The SMILES string of the molecule is FC(F)Oc1c(Cl)cncc1Br. The molecule has 6 heteroatoms. The summed E-state index contributed by atoms with van der Waals surface area (Å²) in [7, 11) is 0. The molecule has 0 radical (unpaired) electrons. The van der Waals surface area contributed by atoms with Crippen LogP contribution in [0.2, 0.25) is 5.02 Å². The van der Waals surface area contributed by atoms with Crippen molar-refractivity contribution in [3.8, 4) is 5.75 Å². The quantitative estimate of drug-likeness (QED) is 0.813. The molecule has 0 unspecified atom stereocenters. The van der Waals surface area contributed by atoms with E-state index in [-0.39, 0.29) is 10.8 Å². The van der Waals surface area contributed by atoms with Crippen molar-refractivity contribution in [1.29, 1.82) is 0 Å². The van der Waals surface area contributed by atoms with Crippen LogP contribution >= 0.6 is 27.5 Å². The number of ether oxygens (including phenoxy) is 1. The summed E-state index contributed by atoms with van der Waals surface area (Å²) in [6.45, 7) is -2.89. The minimum Gasteiger partial charge on any atom is -0.432 e. The summed E-state index contributed by atoms with van der Waals surface area (Å²) >= 11 is 8.49. The van der Waals surface area contributed by atoms with E-state index >= 15 is 0 Å². The van der Waals surface area contributed by atoms with Crippen molar-refractivity contribution < 1.29 is 13.5 Å². The zero-order chi connectivity index (χ0) is 9.14. The molecule has 0 N–H and O–H groups in total. The highest BCUT2D eigenvalue weighted by molar-refractivity contribution is 9.10. The molecule has 0 atom stereocenters. The standard InChI is InChI=1S/C6H3BrClF2NO/c7-3-1-11-2-4(8)5(3)12-6(9)10/h1-2,6H. The van der Waals surface area contributed by atoms with Crippen molar-refractivity contribution in [3.63, 3.8) is 0 Å². The van der Waals surface area contributed by atoms with Gasteiger partial charge in [-0.3, -0.25) is 4.98 Å². The van der Waals surface area contributed by atoms with E-state index in [1.165, 1.54) is 12.4 Å². The van der Waals surface area contributed by atoms with Crippen LogP contribution in [0.1, 0.15) is 0 Å². The van der Waals surface area contributed by atoms with Crippen LogP contribution < -0.4 is 4.74 Å². The number of halogens is 4. The van der Waals surface area contributed by atoms with Gasteiger partial charge in [-0.2, -0.15) is 8.78 Å². The number of hydrogen-bond acceptors (Lipinski definition) is 2. The van der Waals surface area contributed by atoms with Crippen LogP contribution in [0.15, 0.2) is 16.9 Å². The van der Waals surface area contributed by atoms with Gasteiger partial charge in [-0.25, -0.2) is 0 Å².